The van der Waals surface area contributed by atoms with Crippen molar-refractivity contribution in [3.8, 4) is 0 Å². The van der Waals surface area contributed by atoms with Gasteiger partial charge in [-0.2, -0.15) is 0 Å². The van der Waals surface area contributed by atoms with E-state index < -0.39 is 22.9 Å². The summed E-state index contributed by atoms with van der Waals surface area (Å²) >= 11 is 0. The van der Waals surface area contributed by atoms with Crippen molar-refractivity contribution in [2.24, 2.45) is 0 Å². The molecule has 1 aromatic rings. The fraction of sp³-hybridized carbons (Fsp3) is 0. The quantitative estimate of drug-likeness (QED) is 0.431. The number of H-pyrrole nitrogens is 2. The molecular formula is C5H6MgN2O4. The van der Waals surface area contributed by atoms with E-state index >= 15 is 0 Å². The van der Waals surface area contributed by atoms with Crippen molar-refractivity contribution in [1.29, 1.82) is 0 Å². The van der Waals surface area contributed by atoms with Crippen LogP contribution in [0.1, 0.15) is 10.5 Å². The molecule has 62 valence electrons. The molecule has 7 heteroatoms. The van der Waals surface area contributed by atoms with Gasteiger partial charge < -0.3 is 10.1 Å². The molecule has 0 atom stereocenters. The van der Waals surface area contributed by atoms with E-state index in [1.807, 2.05) is 9.97 Å². The lowest BCUT2D eigenvalue weighted by molar-refractivity contribution is 0.0689. The van der Waals surface area contributed by atoms with Crippen molar-refractivity contribution < 1.29 is 9.90 Å². The van der Waals surface area contributed by atoms with Gasteiger partial charge in [0, 0.05) is 6.07 Å². The summed E-state index contributed by atoms with van der Waals surface area (Å²) in [5, 5.41) is 8.31. The first-order chi connectivity index (χ1) is 5.09. The molecule has 0 saturated heterocycles. The van der Waals surface area contributed by atoms with Crippen LogP contribution >= 0.6 is 0 Å². The number of carbonyl (C=O) groups is 1. The third-order valence-electron chi connectivity index (χ3n) is 0.991. The van der Waals surface area contributed by atoms with E-state index in [2.05, 4.69) is 0 Å². The molecule has 0 aliphatic heterocycles. The third kappa shape index (κ3) is 2.51. The summed E-state index contributed by atoms with van der Waals surface area (Å²) in [6.45, 7) is 0. The highest BCUT2D eigenvalue weighted by Crippen LogP contribution is 1.81. The molecule has 0 fully saturated rings. The largest absolute Gasteiger partial charge is 0.477 e. The topological polar surface area (TPSA) is 103 Å². The Morgan fingerprint density at radius 3 is 2.33 bits per heavy atom. The second-order valence-corrected chi connectivity index (χ2v) is 1.81. The molecular weight excluding hydrogens is 176 g/mol. The van der Waals surface area contributed by atoms with Gasteiger partial charge in [0.05, 0.1) is 0 Å². The summed E-state index contributed by atoms with van der Waals surface area (Å²) in [7, 11) is 0. The van der Waals surface area contributed by atoms with Crippen LogP contribution in [0.15, 0.2) is 15.7 Å². The van der Waals surface area contributed by atoms with E-state index in [4.69, 9.17) is 5.11 Å². The van der Waals surface area contributed by atoms with Crippen LogP contribution in [0.5, 0.6) is 0 Å². The number of aromatic carboxylic acids is 1. The van der Waals surface area contributed by atoms with Gasteiger partial charge in [-0.15, -0.1) is 0 Å². The molecule has 0 aliphatic carbocycles. The smallest absolute Gasteiger partial charge is 0.352 e. The van der Waals surface area contributed by atoms with Gasteiger partial charge in [0.25, 0.3) is 5.56 Å². The molecule has 3 N–H and O–H groups in total. The number of carboxylic acid groups (broad SMARTS) is 1. The Morgan fingerprint density at radius 2 is 1.92 bits per heavy atom. The van der Waals surface area contributed by atoms with Crippen molar-refractivity contribution in [2.45, 2.75) is 0 Å². The third-order valence-corrected chi connectivity index (χ3v) is 0.991. The lowest BCUT2D eigenvalue weighted by Gasteiger charge is -1.89. The van der Waals surface area contributed by atoms with E-state index in [-0.39, 0.29) is 23.1 Å². The highest BCUT2D eigenvalue weighted by Gasteiger charge is 2.03. The minimum Gasteiger partial charge on any atom is -0.477 e. The highest BCUT2D eigenvalue weighted by atomic mass is 24.3. The van der Waals surface area contributed by atoms with Crippen molar-refractivity contribution in [2.75, 3.05) is 0 Å². The van der Waals surface area contributed by atoms with Crippen molar-refractivity contribution in [3.05, 3.63) is 32.6 Å². The van der Waals surface area contributed by atoms with E-state index in [0.29, 0.717) is 0 Å². The minimum absolute atomic E-state index is 0. The van der Waals surface area contributed by atoms with Crippen LogP contribution in [0.3, 0.4) is 0 Å². The zero-order valence-electron chi connectivity index (χ0n) is 5.25. The summed E-state index contributed by atoms with van der Waals surface area (Å²) < 4.78 is 0. The summed E-state index contributed by atoms with van der Waals surface area (Å²) in [6.07, 6.45) is 0. The predicted molar refractivity (Wildman–Crippen MR) is 43.2 cm³/mol. The predicted octanol–water partition coefficient (Wildman–Crippen LogP) is -2.15. The van der Waals surface area contributed by atoms with Crippen LogP contribution in [-0.4, -0.2) is 44.1 Å². The molecule has 0 bridgehead atoms. The SMILES string of the molecule is O=C(O)c1cc(=O)[nH]c(=O)[nH]1.[MgH2]. The van der Waals surface area contributed by atoms with Gasteiger partial charge in [-0.05, 0) is 0 Å². The lowest BCUT2D eigenvalue weighted by atomic mass is 10.4. The van der Waals surface area contributed by atoms with Crippen LogP contribution in [0.25, 0.3) is 0 Å². The van der Waals surface area contributed by atoms with Crippen LogP contribution < -0.4 is 11.2 Å². The second-order valence-electron chi connectivity index (χ2n) is 1.81. The Kier molecular flexibility index (Phi) is 3.70. The zero-order valence-corrected chi connectivity index (χ0v) is 5.25. The Morgan fingerprint density at radius 1 is 1.33 bits per heavy atom. The monoisotopic (exact) mass is 182 g/mol. The first-order valence-corrected chi connectivity index (χ1v) is 2.66. The molecule has 0 aliphatic rings. The summed E-state index contributed by atoms with van der Waals surface area (Å²) in [4.78, 5) is 34.9. The Balaban J connectivity index is 0.00000121. The molecule has 1 heterocycles. The lowest BCUT2D eigenvalue weighted by Crippen LogP contribution is -2.24. The maximum absolute atomic E-state index is 10.5. The summed E-state index contributed by atoms with van der Waals surface area (Å²) in [5.41, 5.74) is -1.97. The summed E-state index contributed by atoms with van der Waals surface area (Å²) in [5.74, 6) is -1.34. The Bertz CT molecular complexity index is 365. The van der Waals surface area contributed by atoms with Crippen LogP contribution in [0.4, 0.5) is 0 Å². The highest BCUT2D eigenvalue weighted by molar-refractivity contribution is 5.84. The molecule has 0 amide bonds. The molecule has 0 radical (unpaired) electrons. The van der Waals surface area contributed by atoms with Crippen molar-refractivity contribution in [3.63, 3.8) is 0 Å². The fourth-order valence-electron chi connectivity index (χ4n) is 0.584. The number of carboxylic acids is 1. The molecule has 12 heavy (non-hydrogen) atoms. The first-order valence-electron chi connectivity index (χ1n) is 2.66. The van der Waals surface area contributed by atoms with Crippen LogP contribution in [-0.2, 0) is 0 Å². The number of nitrogens with one attached hydrogen (secondary N) is 2. The second kappa shape index (κ2) is 4.07. The molecule has 0 spiro atoms. The maximum atomic E-state index is 10.5. The number of aromatic amines is 2. The minimum atomic E-state index is -1.34. The Labute approximate surface area is 81.8 Å². The van der Waals surface area contributed by atoms with E-state index in [9.17, 15) is 14.4 Å². The van der Waals surface area contributed by atoms with Gasteiger partial charge >= 0.3 is 34.7 Å². The van der Waals surface area contributed by atoms with Gasteiger partial charge in [0.1, 0.15) is 5.69 Å². The number of hydrogen-bond donors (Lipinski definition) is 3. The summed E-state index contributed by atoms with van der Waals surface area (Å²) in [6, 6.07) is 0.795. The molecule has 1 rings (SSSR count). The standard InChI is InChI=1S/C5H4N2O4.Mg.2H/c8-3-1-2(4(9)10)6-5(11)7-3;;;/h1H,(H,9,10)(H2,6,7,8,11);;;. The average molecular weight is 182 g/mol. The number of hydrogen-bond acceptors (Lipinski definition) is 3. The van der Waals surface area contributed by atoms with Crippen molar-refractivity contribution in [1.82, 2.24) is 9.97 Å². The molecule has 1 aromatic heterocycles. The van der Waals surface area contributed by atoms with Crippen LogP contribution in [0, 0.1) is 0 Å². The number of aromatic nitrogens is 2. The van der Waals surface area contributed by atoms with E-state index in [0.717, 1.165) is 6.07 Å². The Hall–Kier alpha value is -1.08. The molecule has 0 unspecified atom stereocenters. The van der Waals surface area contributed by atoms with Gasteiger partial charge in [0.15, 0.2) is 0 Å². The van der Waals surface area contributed by atoms with Gasteiger partial charge in [-0.25, -0.2) is 9.59 Å². The molecule has 0 aromatic carbocycles. The van der Waals surface area contributed by atoms with Crippen molar-refractivity contribution >= 4 is 29.0 Å². The normalized spacial score (nSPS) is 8.67. The van der Waals surface area contributed by atoms with E-state index in [1.54, 1.807) is 0 Å². The van der Waals surface area contributed by atoms with Gasteiger partial charge in [-0.3, -0.25) is 9.78 Å². The molecule has 0 saturated carbocycles. The van der Waals surface area contributed by atoms with Gasteiger partial charge in [0.2, 0.25) is 0 Å². The van der Waals surface area contributed by atoms with Gasteiger partial charge in [-0.1, -0.05) is 0 Å². The van der Waals surface area contributed by atoms with E-state index in [1.165, 1.54) is 0 Å². The average Bonchev–Trinajstić information content (AvgIpc) is 1.85. The maximum Gasteiger partial charge on any atom is 0.352 e. The number of rotatable bonds is 1. The molecule has 6 nitrogen and oxygen atoms in total. The first kappa shape index (κ1) is 10.9. The zero-order chi connectivity index (χ0) is 8.43. The van der Waals surface area contributed by atoms with Crippen LogP contribution in [0.2, 0.25) is 0 Å². The fourth-order valence-corrected chi connectivity index (χ4v) is 0.584.